The van der Waals surface area contributed by atoms with Gasteiger partial charge in [-0.1, -0.05) is 30.3 Å². The van der Waals surface area contributed by atoms with Gasteiger partial charge in [0, 0.05) is 0 Å². The minimum atomic E-state index is -0.376. The van der Waals surface area contributed by atoms with Gasteiger partial charge in [-0.15, -0.1) is 0 Å². The van der Waals surface area contributed by atoms with Gasteiger partial charge in [0.2, 0.25) is 5.91 Å². The first-order chi connectivity index (χ1) is 10.1. The van der Waals surface area contributed by atoms with Gasteiger partial charge in [0.1, 0.15) is 11.6 Å². The van der Waals surface area contributed by atoms with Crippen molar-refractivity contribution in [3.63, 3.8) is 0 Å². The third kappa shape index (κ3) is 4.31. The van der Waals surface area contributed by atoms with Gasteiger partial charge in [-0.2, -0.15) is 0 Å². The Kier molecular flexibility index (Phi) is 4.93. The summed E-state index contributed by atoms with van der Waals surface area (Å²) in [7, 11) is 0. The maximum atomic E-state index is 13.5. The van der Waals surface area contributed by atoms with Gasteiger partial charge in [-0.3, -0.25) is 4.79 Å². The first kappa shape index (κ1) is 15.0. The molecule has 0 fully saturated rings. The molecule has 0 heterocycles. The van der Waals surface area contributed by atoms with Crippen LogP contribution in [0.3, 0.4) is 0 Å². The summed E-state index contributed by atoms with van der Waals surface area (Å²) in [5.74, 6) is -0.0475. The fourth-order valence-corrected chi connectivity index (χ4v) is 1.94. The van der Waals surface area contributed by atoms with E-state index in [1.54, 1.807) is 30.3 Å². The van der Waals surface area contributed by atoms with E-state index >= 15 is 0 Å². The number of carbonyl (C=O) groups excluding carboxylic acids is 1. The molecule has 2 aromatic rings. The molecule has 110 valence electrons. The van der Waals surface area contributed by atoms with Crippen molar-refractivity contribution in [1.29, 1.82) is 0 Å². The maximum Gasteiger partial charge on any atom is 0.229 e. The minimum Gasteiger partial charge on any atom is -0.489 e. The van der Waals surface area contributed by atoms with Gasteiger partial charge < -0.3 is 10.1 Å². The van der Waals surface area contributed by atoms with Crippen molar-refractivity contribution in [1.82, 2.24) is 0 Å². The molecule has 21 heavy (non-hydrogen) atoms. The Hall–Kier alpha value is -2.36. The van der Waals surface area contributed by atoms with Crippen molar-refractivity contribution in [2.75, 3.05) is 5.32 Å². The SMILES string of the molecule is CC(C)Oc1ccccc1NC(=O)Cc1ccccc1F. The number of nitrogens with one attached hydrogen (secondary N) is 1. The monoisotopic (exact) mass is 287 g/mol. The van der Waals surface area contributed by atoms with Crippen LogP contribution in [-0.4, -0.2) is 12.0 Å². The molecule has 2 aromatic carbocycles. The van der Waals surface area contributed by atoms with E-state index in [4.69, 9.17) is 4.74 Å². The Morgan fingerprint density at radius 1 is 1.14 bits per heavy atom. The van der Waals surface area contributed by atoms with E-state index in [1.165, 1.54) is 6.07 Å². The molecule has 1 amide bonds. The molecule has 0 aliphatic carbocycles. The lowest BCUT2D eigenvalue weighted by molar-refractivity contribution is -0.115. The average molecular weight is 287 g/mol. The zero-order chi connectivity index (χ0) is 15.2. The number of rotatable bonds is 5. The van der Waals surface area contributed by atoms with Crippen molar-refractivity contribution in [3.05, 3.63) is 59.9 Å². The van der Waals surface area contributed by atoms with E-state index in [0.29, 0.717) is 17.0 Å². The summed E-state index contributed by atoms with van der Waals surface area (Å²) in [6, 6.07) is 13.5. The molecule has 0 aliphatic heterocycles. The predicted octanol–water partition coefficient (Wildman–Crippen LogP) is 3.79. The zero-order valence-electron chi connectivity index (χ0n) is 12.1. The predicted molar refractivity (Wildman–Crippen MR) is 80.9 cm³/mol. The van der Waals surface area contributed by atoms with Gasteiger partial charge in [-0.05, 0) is 37.6 Å². The van der Waals surface area contributed by atoms with Gasteiger partial charge in [0.25, 0.3) is 0 Å². The first-order valence-corrected chi connectivity index (χ1v) is 6.85. The van der Waals surface area contributed by atoms with Crippen LogP contribution in [-0.2, 0) is 11.2 Å². The van der Waals surface area contributed by atoms with E-state index in [0.717, 1.165) is 0 Å². The Morgan fingerprint density at radius 2 is 1.81 bits per heavy atom. The standard InChI is InChI=1S/C17H18FNO2/c1-12(2)21-16-10-6-5-9-15(16)19-17(20)11-13-7-3-4-8-14(13)18/h3-10,12H,11H2,1-2H3,(H,19,20). The number of amides is 1. The summed E-state index contributed by atoms with van der Waals surface area (Å²) in [5.41, 5.74) is 0.963. The molecule has 4 heteroatoms. The molecule has 0 radical (unpaired) electrons. The van der Waals surface area contributed by atoms with E-state index in [1.807, 2.05) is 26.0 Å². The molecule has 0 bridgehead atoms. The molecule has 0 aliphatic rings. The number of carbonyl (C=O) groups is 1. The van der Waals surface area contributed by atoms with E-state index in [-0.39, 0.29) is 24.2 Å². The Bertz CT molecular complexity index is 626. The number of para-hydroxylation sites is 2. The third-order valence-corrected chi connectivity index (χ3v) is 2.83. The highest BCUT2D eigenvalue weighted by atomic mass is 19.1. The summed E-state index contributed by atoms with van der Waals surface area (Å²) in [6.45, 7) is 3.83. The number of hydrogen-bond donors (Lipinski definition) is 1. The molecule has 1 N–H and O–H groups in total. The van der Waals surface area contributed by atoms with E-state index < -0.39 is 0 Å². The van der Waals surface area contributed by atoms with Crippen LogP contribution in [0.4, 0.5) is 10.1 Å². The highest BCUT2D eigenvalue weighted by Gasteiger charge is 2.11. The van der Waals surface area contributed by atoms with Crippen LogP contribution in [0.15, 0.2) is 48.5 Å². The number of benzene rings is 2. The van der Waals surface area contributed by atoms with Crippen LogP contribution < -0.4 is 10.1 Å². The molecule has 0 aromatic heterocycles. The van der Waals surface area contributed by atoms with Crippen LogP contribution in [0.25, 0.3) is 0 Å². The number of ether oxygens (including phenoxy) is 1. The fourth-order valence-electron chi connectivity index (χ4n) is 1.94. The lowest BCUT2D eigenvalue weighted by Gasteiger charge is -2.14. The highest BCUT2D eigenvalue weighted by Crippen LogP contribution is 2.25. The van der Waals surface area contributed by atoms with Gasteiger partial charge in [-0.25, -0.2) is 4.39 Å². The van der Waals surface area contributed by atoms with Gasteiger partial charge in [0.05, 0.1) is 18.2 Å². The topological polar surface area (TPSA) is 38.3 Å². The molecule has 0 saturated heterocycles. The lowest BCUT2D eigenvalue weighted by Crippen LogP contribution is -2.16. The van der Waals surface area contributed by atoms with Crippen molar-refractivity contribution >= 4 is 11.6 Å². The highest BCUT2D eigenvalue weighted by molar-refractivity contribution is 5.93. The number of halogens is 1. The van der Waals surface area contributed by atoms with Crippen molar-refractivity contribution in [2.45, 2.75) is 26.4 Å². The Balaban J connectivity index is 2.08. The van der Waals surface area contributed by atoms with Crippen LogP contribution in [0, 0.1) is 5.82 Å². The molecule has 3 nitrogen and oxygen atoms in total. The quantitative estimate of drug-likeness (QED) is 0.908. The van der Waals surface area contributed by atoms with Gasteiger partial charge in [0.15, 0.2) is 0 Å². The molecular formula is C17H18FNO2. The summed E-state index contributed by atoms with van der Waals surface area (Å²) in [5, 5.41) is 2.76. The average Bonchev–Trinajstić information content (AvgIpc) is 2.43. The smallest absolute Gasteiger partial charge is 0.229 e. The minimum absolute atomic E-state index is 0.00891. The second-order valence-electron chi connectivity index (χ2n) is 4.98. The number of hydrogen-bond acceptors (Lipinski definition) is 2. The van der Waals surface area contributed by atoms with Crippen LogP contribution in [0.1, 0.15) is 19.4 Å². The third-order valence-electron chi connectivity index (χ3n) is 2.83. The molecule has 0 unspecified atom stereocenters. The Morgan fingerprint density at radius 3 is 2.52 bits per heavy atom. The van der Waals surface area contributed by atoms with E-state index in [2.05, 4.69) is 5.32 Å². The van der Waals surface area contributed by atoms with Gasteiger partial charge >= 0.3 is 0 Å². The first-order valence-electron chi connectivity index (χ1n) is 6.85. The second kappa shape index (κ2) is 6.88. The summed E-state index contributed by atoms with van der Waals surface area (Å²) < 4.78 is 19.2. The summed E-state index contributed by atoms with van der Waals surface area (Å²) in [6.07, 6.45) is -0.00232. The largest absolute Gasteiger partial charge is 0.489 e. The maximum absolute atomic E-state index is 13.5. The van der Waals surface area contributed by atoms with Crippen molar-refractivity contribution in [2.24, 2.45) is 0 Å². The van der Waals surface area contributed by atoms with Crippen LogP contribution in [0.5, 0.6) is 5.75 Å². The second-order valence-corrected chi connectivity index (χ2v) is 4.98. The molecule has 0 saturated carbocycles. The molecule has 0 atom stereocenters. The Labute approximate surface area is 123 Å². The van der Waals surface area contributed by atoms with Crippen LogP contribution in [0.2, 0.25) is 0 Å². The lowest BCUT2D eigenvalue weighted by atomic mass is 10.1. The van der Waals surface area contributed by atoms with E-state index in [9.17, 15) is 9.18 Å². The fraction of sp³-hybridized carbons (Fsp3) is 0.235. The van der Waals surface area contributed by atoms with Crippen molar-refractivity contribution < 1.29 is 13.9 Å². The zero-order valence-corrected chi connectivity index (χ0v) is 12.1. The summed E-state index contributed by atoms with van der Waals surface area (Å²) in [4.78, 5) is 12.0. The van der Waals surface area contributed by atoms with Crippen LogP contribution >= 0.6 is 0 Å². The molecule has 2 rings (SSSR count). The molecule has 0 spiro atoms. The normalized spacial score (nSPS) is 10.5. The summed E-state index contributed by atoms with van der Waals surface area (Å²) >= 11 is 0. The van der Waals surface area contributed by atoms with Crippen molar-refractivity contribution in [3.8, 4) is 5.75 Å². The molecular weight excluding hydrogens is 269 g/mol. The number of anilines is 1.